The van der Waals surface area contributed by atoms with Gasteiger partial charge in [0.25, 0.3) is 0 Å². The van der Waals surface area contributed by atoms with Gasteiger partial charge in [-0.15, -0.1) is 0 Å². The largest absolute Gasteiger partial charge is 0.376 e. The molecule has 23 heavy (non-hydrogen) atoms. The van der Waals surface area contributed by atoms with Gasteiger partial charge in [-0.1, -0.05) is 20.3 Å². The van der Waals surface area contributed by atoms with Crippen molar-refractivity contribution in [1.29, 1.82) is 0 Å². The average molecular weight is 323 g/mol. The Labute approximate surface area is 140 Å². The summed E-state index contributed by atoms with van der Waals surface area (Å²) in [6.45, 7) is 7.66. The van der Waals surface area contributed by atoms with Gasteiger partial charge in [-0.3, -0.25) is 4.79 Å². The van der Waals surface area contributed by atoms with Crippen molar-refractivity contribution in [2.24, 2.45) is 23.7 Å². The van der Waals surface area contributed by atoms with Crippen LogP contribution in [0.15, 0.2) is 0 Å². The summed E-state index contributed by atoms with van der Waals surface area (Å²) in [5.41, 5.74) is 0. The standard InChI is InChI=1S/C19H33NO3/c1-12(2)18(23-11-16-5-4-8-22-16)19(21)20-13(3)17-10-14-6-7-15(17)9-14/h12-18H,4-11H2,1-3H3,(H,20,21)/t13-,14-,15-,16-,17+,18-/m0/s1. The molecule has 3 fully saturated rings. The van der Waals surface area contributed by atoms with Crippen LogP contribution in [0.25, 0.3) is 0 Å². The molecule has 0 aromatic heterocycles. The normalized spacial score (nSPS) is 35.7. The van der Waals surface area contributed by atoms with Crippen molar-refractivity contribution in [2.45, 2.75) is 77.5 Å². The van der Waals surface area contributed by atoms with E-state index in [-0.39, 0.29) is 30.1 Å². The highest BCUT2D eigenvalue weighted by Gasteiger charge is 2.42. The van der Waals surface area contributed by atoms with Crippen LogP contribution in [0.2, 0.25) is 0 Å². The molecule has 0 aromatic carbocycles. The molecule has 2 saturated carbocycles. The summed E-state index contributed by atoms with van der Waals surface area (Å²) in [6.07, 6.45) is 7.41. The van der Waals surface area contributed by atoms with Crippen LogP contribution in [0.1, 0.15) is 59.3 Å². The molecule has 132 valence electrons. The molecule has 0 unspecified atom stereocenters. The Morgan fingerprint density at radius 3 is 2.61 bits per heavy atom. The third-order valence-corrected chi connectivity index (χ3v) is 6.15. The molecule has 3 rings (SSSR count). The lowest BCUT2D eigenvalue weighted by Crippen LogP contribution is -2.47. The van der Waals surface area contributed by atoms with E-state index in [2.05, 4.69) is 26.1 Å². The second kappa shape index (κ2) is 7.52. The zero-order valence-electron chi connectivity index (χ0n) is 14.9. The lowest BCUT2D eigenvalue weighted by molar-refractivity contribution is -0.139. The molecule has 1 saturated heterocycles. The molecule has 1 amide bonds. The zero-order valence-corrected chi connectivity index (χ0v) is 14.9. The number of hydrogen-bond acceptors (Lipinski definition) is 3. The molecule has 4 heteroatoms. The highest BCUT2D eigenvalue weighted by Crippen LogP contribution is 2.49. The summed E-state index contributed by atoms with van der Waals surface area (Å²) in [4.78, 5) is 12.7. The fourth-order valence-corrected chi connectivity index (χ4v) is 4.88. The Kier molecular flexibility index (Phi) is 5.63. The third kappa shape index (κ3) is 4.08. The molecule has 2 aliphatic carbocycles. The SMILES string of the molecule is CC(C)[C@H](OC[C@@H]1CCCO1)C(=O)N[C@@H](C)[C@H]1C[C@H]2CC[C@H]1C2. The van der Waals surface area contributed by atoms with E-state index < -0.39 is 0 Å². The van der Waals surface area contributed by atoms with Crippen LogP contribution in [-0.2, 0) is 14.3 Å². The quantitative estimate of drug-likeness (QED) is 0.783. The van der Waals surface area contributed by atoms with Crippen LogP contribution in [-0.4, -0.2) is 37.4 Å². The molecule has 0 radical (unpaired) electrons. The van der Waals surface area contributed by atoms with Crippen molar-refractivity contribution in [3.63, 3.8) is 0 Å². The fourth-order valence-electron chi connectivity index (χ4n) is 4.88. The molecule has 2 bridgehead atoms. The van der Waals surface area contributed by atoms with Crippen molar-refractivity contribution < 1.29 is 14.3 Å². The average Bonchev–Trinajstić information content (AvgIpc) is 3.24. The minimum atomic E-state index is -0.361. The van der Waals surface area contributed by atoms with Gasteiger partial charge in [0.1, 0.15) is 6.10 Å². The van der Waals surface area contributed by atoms with Crippen LogP contribution >= 0.6 is 0 Å². The second-order valence-electron chi connectivity index (χ2n) is 8.27. The molecule has 0 spiro atoms. The fraction of sp³-hybridized carbons (Fsp3) is 0.947. The third-order valence-electron chi connectivity index (χ3n) is 6.15. The number of nitrogens with one attached hydrogen (secondary N) is 1. The summed E-state index contributed by atoms with van der Waals surface area (Å²) in [6, 6.07) is 0.269. The lowest BCUT2D eigenvalue weighted by atomic mass is 9.84. The van der Waals surface area contributed by atoms with Crippen molar-refractivity contribution in [3.8, 4) is 0 Å². The van der Waals surface area contributed by atoms with Gasteiger partial charge < -0.3 is 14.8 Å². The number of amides is 1. The topological polar surface area (TPSA) is 47.6 Å². The smallest absolute Gasteiger partial charge is 0.249 e. The molecular weight excluding hydrogens is 290 g/mol. The van der Waals surface area contributed by atoms with Crippen LogP contribution in [0.3, 0.4) is 0 Å². The van der Waals surface area contributed by atoms with Crippen LogP contribution in [0.4, 0.5) is 0 Å². The van der Waals surface area contributed by atoms with Crippen LogP contribution in [0.5, 0.6) is 0 Å². The number of rotatable bonds is 7. The summed E-state index contributed by atoms with van der Waals surface area (Å²) in [7, 11) is 0. The van der Waals surface area contributed by atoms with E-state index in [1.54, 1.807) is 0 Å². The first kappa shape index (κ1) is 17.2. The first-order valence-corrected chi connectivity index (χ1v) is 9.58. The summed E-state index contributed by atoms with van der Waals surface area (Å²) in [5.74, 6) is 2.67. The molecular formula is C19H33NO3. The maximum absolute atomic E-state index is 12.7. The maximum Gasteiger partial charge on any atom is 0.249 e. The summed E-state index contributed by atoms with van der Waals surface area (Å²) in [5, 5.41) is 3.26. The van der Waals surface area contributed by atoms with Crippen LogP contribution in [0, 0.1) is 23.7 Å². The Morgan fingerprint density at radius 2 is 2.04 bits per heavy atom. The molecule has 1 aliphatic heterocycles. The van der Waals surface area contributed by atoms with E-state index in [9.17, 15) is 4.79 Å². The number of fused-ring (bicyclic) bond motifs is 2. The molecule has 6 atom stereocenters. The van der Waals surface area contributed by atoms with E-state index in [0.29, 0.717) is 12.5 Å². The monoisotopic (exact) mass is 323 g/mol. The Balaban J connectivity index is 1.49. The molecule has 4 nitrogen and oxygen atoms in total. The Bertz CT molecular complexity index is 405. The van der Waals surface area contributed by atoms with E-state index >= 15 is 0 Å². The van der Waals surface area contributed by atoms with Gasteiger partial charge in [-0.25, -0.2) is 0 Å². The highest BCUT2D eigenvalue weighted by molar-refractivity contribution is 5.81. The van der Waals surface area contributed by atoms with Gasteiger partial charge in [-0.2, -0.15) is 0 Å². The molecule has 0 aromatic rings. The van der Waals surface area contributed by atoms with Gasteiger partial charge in [0, 0.05) is 12.6 Å². The van der Waals surface area contributed by atoms with E-state index in [4.69, 9.17) is 9.47 Å². The van der Waals surface area contributed by atoms with Crippen molar-refractivity contribution in [1.82, 2.24) is 5.32 Å². The number of carbonyl (C=O) groups excluding carboxylic acids is 1. The summed E-state index contributed by atoms with van der Waals surface area (Å²) >= 11 is 0. The first-order valence-electron chi connectivity index (χ1n) is 9.58. The minimum absolute atomic E-state index is 0.0632. The zero-order chi connectivity index (χ0) is 16.4. The maximum atomic E-state index is 12.7. The van der Waals surface area contributed by atoms with Gasteiger partial charge in [-0.05, 0) is 62.7 Å². The minimum Gasteiger partial charge on any atom is -0.376 e. The Hall–Kier alpha value is -0.610. The molecule has 3 aliphatic rings. The van der Waals surface area contributed by atoms with E-state index in [1.165, 1.54) is 25.7 Å². The number of carbonyl (C=O) groups is 1. The van der Waals surface area contributed by atoms with E-state index in [0.717, 1.165) is 31.3 Å². The van der Waals surface area contributed by atoms with Gasteiger partial charge >= 0.3 is 0 Å². The predicted octanol–water partition coefficient (Wildman–Crippen LogP) is 3.15. The Morgan fingerprint density at radius 1 is 1.22 bits per heavy atom. The second-order valence-corrected chi connectivity index (χ2v) is 8.27. The highest BCUT2D eigenvalue weighted by atomic mass is 16.5. The van der Waals surface area contributed by atoms with Gasteiger partial charge in [0.2, 0.25) is 5.91 Å². The van der Waals surface area contributed by atoms with Crippen molar-refractivity contribution >= 4 is 5.91 Å². The predicted molar refractivity (Wildman–Crippen MR) is 90.1 cm³/mol. The van der Waals surface area contributed by atoms with Crippen molar-refractivity contribution in [3.05, 3.63) is 0 Å². The van der Waals surface area contributed by atoms with Crippen LogP contribution < -0.4 is 5.32 Å². The summed E-state index contributed by atoms with van der Waals surface area (Å²) < 4.78 is 11.5. The lowest BCUT2D eigenvalue weighted by Gasteiger charge is -2.31. The first-order chi connectivity index (χ1) is 11.0. The van der Waals surface area contributed by atoms with Gasteiger partial charge in [0.05, 0.1) is 12.7 Å². The van der Waals surface area contributed by atoms with Gasteiger partial charge in [0.15, 0.2) is 0 Å². The molecule has 1 heterocycles. The van der Waals surface area contributed by atoms with Crippen molar-refractivity contribution in [2.75, 3.05) is 13.2 Å². The number of ether oxygens (including phenoxy) is 2. The number of hydrogen-bond donors (Lipinski definition) is 1. The molecule has 1 N–H and O–H groups in total. The van der Waals surface area contributed by atoms with E-state index in [1.807, 2.05) is 0 Å².